The van der Waals surface area contributed by atoms with E-state index in [0.717, 1.165) is 18.4 Å². The molecule has 2 aromatic heterocycles. The number of halogens is 1. The molecule has 6 rings (SSSR count). The molecule has 9 heteroatoms. The Bertz CT molecular complexity index is 1630. The van der Waals surface area contributed by atoms with Gasteiger partial charge in [0, 0.05) is 22.0 Å². The van der Waals surface area contributed by atoms with Crippen LogP contribution in [0.25, 0.3) is 27.9 Å². The molecule has 178 valence electrons. The van der Waals surface area contributed by atoms with Gasteiger partial charge in [-0.3, -0.25) is 9.59 Å². The Kier molecular flexibility index (Phi) is 5.58. The van der Waals surface area contributed by atoms with Crippen LogP contribution < -0.4 is 5.56 Å². The Morgan fingerprint density at radius 3 is 2.36 bits per heavy atom. The van der Waals surface area contributed by atoms with Gasteiger partial charge >= 0.3 is 0 Å². The fourth-order valence-electron chi connectivity index (χ4n) is 4.15. The van der Waals surface area contributed by atoms with Crippen molar-refractivity contribution in [2.24, 2.45) is 0 Å². The molecule has 1 aliphatic carbocycles. The smallest absolute Gasteiger partial charge is 0.279 e. The van der Waals surface area contributed by atoms with Crippen LogP contribution in [0.2, 0.25) is 5.02 Å². The number of para-hydroxylation sites is 1. The van der Waals surface area contributed by atoms with Crippen LogP contribution in [0, 0.1) is 0 Å². The molecule has 1 amide bonds. The second-order valence-corrected chi connectivity index (χ2v) is 9.06. The van der Waals surface area contributed by atoms with Crippen LogP contribution in [0.5, 0.6) is 0 Å². The molecule has 0 aliphatic heterocycles. The van der Waals surface area contributed by atoms with Crippen molar-refractivity contribution in [2.45, 2.75) is 25.4 Å². The van der Waals surface area contributed by atoms with Gasteiger partial charge in [0.05, 0.1) is 17.6 Å². The van der Waals surface area contributed by atoms with Crippen molar-refractivity contribution in [1.82, 2.24) is 24.9 Å². The van der Waals surface area contributed by atoms with E-state index in [1.54, 1.807) is 65.6 Å². The summed E-state index contributed by atoms with van der Waals surface area (Å²) in [4.78, 5) is 28.8. The minimum absolute atomic E-state index is 0.0426. The zero-order valence-electron chi connectivity index (χ0n) is 19.0. The third-order valence-electron chi connectivity index (χ3n) is 6.12. The summed E-state index contributed by atoms with van der Waals surface area (Å²) in [7, 11) is 0. The molecule has 0 unspecified atom stereocenters. The zero-order chi connectivity index (χ0) is 24.6. The lowest BCUT2D eigenvalue weighted by molar-refractivity contribution is 0.0708. The molecule has 2 heterocycles. The lowest BCUT2D eigenvalue weighted by Crippen LogP contribution is -2.35. The maximum absolute atomic E-state index is 13.9. The third kappa shape index (κ3) is 4.16. The summed E-state index contributed by atoms with van der Waals surface area (Å²) in [6, 6.07) is 23.3. The number of carbonyl (C=O) groups excluding carboxylic acids is 1. The highest BCUT2D eigenvalue weighted by Crippen LogP contribution is 2.31. The molecule has 0 atom stereocenters. The number of amides is 1. The van der Waals surface area contributed by atoms with Gasteiger partial charge in [-0.2, -0.15) is 9.78 Å². The quantitative estimate of drug-likeness (QED) is 0.331. The van der Waals surface area contributed by atoms with Crippen LogP contribution >= 0.6 is 11.6 Å². The van der Waals surface area contributed by atoms with Gasteiger partial charge in [-0.05, 0) is 55.3 Å². The van der Waals surface area contributed by atoms with Crippen molar-refractivity contribution in [2.75, 3.05) is 0 Å². The normalized spacial score (nSPS) is 13.1. The standard InChI is InChI=1S/C27H20ClN5O3/c28-18-12-10-17(11-13-18)25-30-29-23(36-25)16-32(19-14-15-19)27(35)24-21-8-4-5-9-22(21)26(34)33(31-24)20-6-2-1-3-7-20/h1-13,19H,14-16H2. The molecular weight excluding hydrogens is 478 g/mol. The van der Waals surface area contributed by atoms with Crippen LogP contribution in [0.3, 0.4) is 0 Å². The predicted molar refractivity (Wildman–Crippen MR) is 135 cm³/mol. The molecule has 1 aliphatic rings. The van der Waals surface area contributed by atoms with Crippen LogP contribution in [-0.2, 0) is 6.54 Å². The average Bonchev–Trinajstić information content (AvgIpc) is 3.65. The lowest BCUT2D eigenvalue weighted by atomic mass is 10.1. The second kappa shape index (κ2) is 9.05. The molecule has 0 spiro atoms. The lowest BCUT2D eigenvalue weighted by Gasteiger charge is -2.21. The Balaban J connectivity index is 1.38. The number of carbonyl (C=O) groups is 1. The number of nitrogens with zero attached hydrogens (tertiary/aromatic N) is 5. The van der Waals surface area contributed by atoms with Crippen LogP contribution in [0.1, 0.15) is 29.2 Å². The van der Waals surface area contributed by atoms with E-state index < -0.39 is 0 Å². The number of hydrogen-bond acceptors (Lipinski definition) is 6. The van der Waals surface area contributed by atoms with E-state index in [0.29, 0.717) is 33.3 Å². The first-order chi connectivity index (χ1) is 17.6. The fourth-order valence-corrected chi connectivity index (χ4v) is 4.28. The summed E-state index contributed by atoms with van der Waals surface area (Å²) >= 11 is 5.97. The molecule has 0 bridgehead atoms. The van der Waals surface area contributed by atoms with Gasteiger partial charge in [0.25, 0.3) is 11.5 Å². The maximum atomic E-state index is 13.9. The van der Waals surface area contributed by atoms with E-state index in [2.05, 4.69) is 15.3 Å². The Labute approximate surface area is 210 Å². The van der Waals surface area contributed by atoms with Crippen LogP contribution in [-0.4, -0.2) is 36.8 Å². The molecule has 8 nitrogen and oxygen atoms in total. The molecule has 36 heavy (non-hydrogen) atoms. The van der Waals surface area contributed by atoms with Crippen LogP contribution in [0.15, 0.2) is 88.1 Å². The largest absolute Gasteiger partial charge is 0.419 e. The van der Waals surface area contributed by atoms with Crippen LogP contribution in [0.4, 0.5) is 0 Å². The predicted octanol–water partition coefficient (Wildman–Crippen LogP) is 4.89. The highest BCUT2D eigenvalue weighted by molar-refractivity contribution is 6.30. The van der Waals surface area contributed by atoms with E-state index in [1.165, 1.54) is 4.68 Å². The first-order valence-electron chi connectivity index (χ1n) is 11.6. The monoisotopic (exact) mass is 497 g/mol. The molecule has 1 saturated carbocycles. The van der Waals surface area contributed by atoms with Gasteiger partial charge in [-0.15, -0.1) is 10.2 Å². The van der Waals surface area contributed by atoms with E-state index in [1.807, 2.05) is 18.2 Å². The summed E-state index contributed by atoms with van der Waals surface area (Å²) < 4.78 is 7.15. The number of benzene rings is 3. The first-order valence-corrected chi connectivity index (χ1v) is 11.9. The summed E-state index contributed by atoms with van der Waals surface area (Å²) in [6.45, 7) is 0.143. The molecule has 5 aromatic rings. The maximum Gasteiger partial charge on any atom is 0.279 e. The number of hydrogen-bond donors (Lipinski definition) is 0. The van der Waals surface area contributed by atoms with Gasteiger partial charge in [0.2, 0.25) is 11.8 Å². The fraction of sp³-hybridized carbons (Fsp3) is 0.148. The Morgan fingerprint density at radius 1 is 0.944 bits per heavy atom. The van der Waals surface area contributed by atoms with Crippen molar-refractivity contribution >= 4 is 28.3 Å². The van der Waals surface area contributed by atoms with Crippen molar-refractivity contribution in [3.05, 3.63) is 106 Å². The Morgan fingerprint density at radius 2 is 1.64 bits per heavy atom. The van der Waals surface area contributed by atoms with E-state index in [-0.39, 0.29) is 29.7 Å². The van der Waals surface area contributed by atoms with Gasteiger partial charge in [0.15, 0.2) is 5.69 Å². The highest BCUT2D eigenvalue weighted by atomic mass is 35.5. The molecular formula is C27H20ClN5O3. The third-order valence-corrected chi connectivity index (χ3v) is 6.37. The van der Waals surface area contributed by atoms with E-state index >= 15 is 0 Å². The molecule has 3 aromatic carbocycles. The summed E-state index contributed by atoms with van der Waals surface area (Å²) in [5.41, 5.74) is 1.25. The summed E-state index contributed by atoms with van der Waals surface area (Å²) in [5.74, 6) is 0.386. The van der Waals surface area contributed by atoms with Crippen molar-refractivity contribution < 1.29 is 9.21 Å². The van der Waals surface area contributed by atoms with Gasteiger partial charge in [-0.25, -0.2) is 0 Å². The van der Waals surface area contributed by atoms with E-state index in [4.69, 9.17) is 16.0 Å². The Hall–Kier alpha value is -4.30. The molecule has 0 radical (unpaired) electrons. The van der Waals surface area contributed by atoms with Crippen molar-refractivity contribution in [3.8, 4) is 17.1 Å². The minimum atomic E-state index is -0.287. The van der Waals surface area contributed by atoms with Crippen molar-refractivity contribution in [1.29, 1.82) is 0 Å². The van der Waals surface area contributed by atoms with Gasteiger partial charge < -0.3 is 9.32 Å². The topological polar surface area (TPSA) is 94.1 Å². The van der Waals surface area contributed by atoms with Crippen molar-refractivity contribution in [3.63, 3.8) is 0 Å². The molecule has 0 saturated heterocycles. The highest BCUT2D eigenvalue weighted by Gasteiger charge is 2.36. The SMILES string of the molecule is O=C(c1nn(-c2ccccc2)c(=O)c2ccccc12)N(Cc1nnc(-c2ccc(Cl)cc2)o1)C1CC1. The first kappa shape index (κ1) is 22.2. The average molecular weight is 498 g/mol. The number of fused-ring (bicyclic) bond motifs is 1. The second-order valence-electron chi connectivity index (χ2n) is 8.62. The summed E-state index contributed by atoms with van der Waals surface area (Å²) in [5, 5.41) is 14.4. The number of aromatic nitrogens is 4. The van der Waals surface area contributed by atoms with Gasteiger partial charge in [-0.1, -0.05) is 48.0 Å². The molecule has 0 N–H and O–H groups in total. The van der Waals surface area contributed by atoms with Gasteiger partial charge in [0.1, 0.15) is 0 Å². The zero-order valence-corrected chi connectivity index (χ0v) is 19.8. The summed E-state index contributed by atoms with van der Waals surface area (Å²) in [6.07, 6.45) is 1.75. The number of rotatable bonds is 6. The van der Waals surface area contributed by atoms with E-state index in [9.17, 15) is 9.59 Å². The minimum Gasteiger partial charge on any atom is -0.419 e. The molecule has 1 fully saturated rings.